The molecule has 1 fully saturated rings. The molecule has 0 radical (unpaired) electrons. The van der Waals surface area contributed by atoms with Crippen molar-refractivity contribution in [3.8, 4) is 0 Å². The van der Waals surface area contributed by atoms with Gasteiger partial charge >= 0.3 is 0 Å². The molecule has 1 aromatic rings. The van der Waals surface area contributed by atoms with Gasteiger partial charge in [0.15, 0.2) is 0 Å². The molecule has 4 heteroatoms. The van der Waals surface area contributed by atoms with E-state index in [1.807, 2.05) is 24.3 Å². The average molecular weight is 300 g/mol. The molecule has 0 aromatic heterocycles. The predicted molar refractivity (Wildman–Crippen MR) is 86.7 cm³/mol. The average Bonchev–Trinajstić information content (AvgIpc) is 2.48. The van der Waals surface area contributed by atoms with Crippen molar-refractivity contribution in [2.75, 3.05) is 5.32 Å². The standard InChI is InChI=1S/C18H24N2O2/c21-17-12-15(14-10-6-7-11-16(14)20-17)18(22)19-13-8-4-2-1-3-5-9-13/h6-7,10-11,13,15H,1-5,8-9,12H2,(H,19,22)(H,20,21). The first kappa shape index (κ1) is 15.1. The van der Waals surface area contributed by atoms with Crippen molar-refractivity contribution in [3.63, 3.8) is 0 Å². The lowest BCUT2D eigenvalue weighted by Gasteiger charge is -2.28. The minimum absolute atomic E-state index is 0.00729. The molecule has 22 heavy (non-hydrogen) atoms. The van der Waals surface area contributed by atoms with Gasteiger partial charge in [0, 0.05) is 18.2 Å². The summed E-state index contributed by atoms with van der Waals surface area (Å²) in [6, 6.07) is 7.88. The third-order valence-electron chi connectivity index (χ3n) is 4.77. The second-order valence-electron chi connectivity index (χ2n) is 6.44. The fourth-order valence-electron chi connectivity index (χ4n) is 3.55. The fraction of sp³-hybridized carbons (Fsp3) is 0.556. The van der Waals surface area contributed by atoms with Crippen LogP contribution in [-0.4, -0.2) is 17.9 Å². The monoisotopic (exact) mass is 300 g/mol. The lowest BCUT2D eigenvalue weighted by Crippen LogP contribution is -2.40. The highest BCUT2D eigenvalue weighted by Crippen LogP contribution is 2.32. The summed E-state index contributed by atoms with van der Waals surface area (Å²) in [6.45, 7) is 0. The quantitative estimate of drug-likeness (QED) is 0.880. The molecule has 1 heterocycles. The Morgan fingerprint density at radius 1 is 1.05 bits per heavy atom. The number of carbonyl (C=O) groups is 2. The minimum Gasteiger partial charge on any atom is -0.353 e. The van der Waals surface area contributed by atoms with Crippen LogP contribution < -0.4 is 10.6 Å². The molecule has 1 unspecified atom stereocenters. The van der Waals surface area contributed by atoms with Crippen LogP contribution in [-0.2, 0) is 9.59 Å². The molecule has 1 saturated carbocycles. The Bertz CT molecular complexity index is 548. The Hall–Kier alpha value is -1.84. The SMILES string of the molecule is O=C1CC(C(=O)NC2CCCCCCC2)c2ccccc2N1. The zero-order valence-corrected chi connectivity index (χ0v) is 12.9. The van der Waals surface area contributed by atoms with Crippen molar-refractivity contribution in [1.29, 1.82) is 0 Å². The van der Waals surface area contributed by atoms with Gasteiger partial charge in [0.25, 0.3) is 0 Å². The first-order valence-corrected chi connectivity index (χ1v) is 8.43. The van der Waals surface area contributed by atoms with E-state index < -0.39 is 0 Å². The number of para-hydroxylation sites is 1. The highest BCUT2D eigenvalue weighted by molar-refractivity contribution is 6.01. The van der Waals surface area contributed by atoms with E-state index in [1.165, 1.54) is 32.1 Å². The van der Waals surface area contributed by atoms with E-state index in [1.54, 1.807) is 0 Å². The molecular formula is C18H24N2O2. The number of rotatable bonds is 2. The number of amides is 2. The van der Waals surface area contributed by atoms with Gasteiger partial charge in [-0.2, -0.15) is 0 Å². The summed E-state index contributed by atoms with van der Waals surface area (Å²) < 4.78 is 0. The van der Waals surface area contributed by atoms with Crippen LogP contribution in [0.15, 0.2) is 24.3 Å². The van der Waals surface area contributed by atoms with Gasteiger partial charge in [-0.25, -0.2) is 0 Å². The van der Waals surface area contributed by atoms with Crippen LogP contribution in [0, 0.1) is 0 Å². The Morgan fingerprint density at radius 2 is 1.73 bits per heavy atom. The predicted octanol–water partition coefficient (Wildman–Crippen LogP) is 3.34. The maximum absolute atomic E-state index is 12.7. The zero-order chi connectivity index (χ0) is 15.4. The second-order valence-corrected chi connectivity index (χ2v) is 6.44. The van der Waals surface area contributed by atoms with Gasteiger partial charge in [-0.15, -0.1) is 0 Å². The summed E-state index contributed by atoms with van der Waals surface area (Å²) in [5.41, 5.74) is 1.71. The number of hydrogen-bond acceptors (Lipinski definition) is 2. The summed E-state index contributed by atoms with van der Waals surface area (Å²) >= 11 is 0. The third-order valence-corrected chi connectivity index (χ3v) is 4.77. The molecule has 4 nitrogen and oxygen atoms in total. The number of carbonyl (C=O) groups excluding carboxylic acids is 2. The maximum atomic E-state index is 12.7. The van der Waals surface area contributed by atoms with Crippen molar-refractivity contribution in [3.05, 3.63) is 29.8 Å². The van der Waals surface area contributed by atoms with Crippen LogP contribution in [0.3, 0.4) is 0 Å². The number of hydrogen-bond donors (Lipinski definition) is 2. The van der Waals surface area contributed by atoms with Crippen LogP contribution in [0.4, 0.5) is 5.69 Å². The van der Waals surface area contributed by atoms with Crippen LogP contribution in [0.1, 0.15) is 62.8 Å². The number of fused-ring (bicyclic) bond motifs is 1. The summed E-state index contributed by atoms with van der Waals surface area (Å²) in [7, 11) is 0. The molecule has 0 saturated heterocycles. The van der Waals surface area contributed by atoms with Gasteiger partial charge < -0.3 is 10.6 Å². The molecule has 2 N–H and O–H groups in total. The molecule has 0 spiro atoms. The Kier molecular flexibility index (Phi) is 4.76. The van der Waals surface area contributed by atoms with E-state index in [9.17, 15) is 9.59 Å². The highest BCUT2D eigenvalue weighted by atomic mass is 16.2. The van der Waals surface area contributed by atoms with Crippen molar-refractivity contribution >= 4 is 17.5 Å². The molecule has 2 amide bonds. The molecule has 1 aliphatic carbocycles. The molecule has 3 rings (SSSR count). The van der Waals surface area contributed by atoms with E-state index in [2.05, 4.69) is 10.6 Å². The molecule has 0 bridgehead atoms. The summed E-state index contributed by atoms with van der Waals surface area (Å²) in [4.78, 5) is 24.5. The lowest BCUT2D eigenvalue weighted by molar-refractivity contribution is -0.127. The largest absolute Gasteiger partial charge is 0.353 e. The Labute approximate surface area is 131 Å². The molecule has 1 atom stereocenters. The van der Waals surface area contributed by atoms with Crippen molar-refractivity contribution < 1.29 is 9.59 Å². The molecule has 1 aromatic carbocycles. The van der Waals surface area contributed by atoms with Gasteiger partial charge in [0.05, 0.1) is 5.92 Å². The number of nitrogens with one attached hydrogen (secondary N) is 2. The third kappa shape index (κ3) is 3.49. The van der Waals surface area contributed by atoms with E-state index in [0.717, 1.165) is 24.1 Å². The fourth-order valence-corrected chi connectivity index (χ4v) is 3.55. The number of benzene rings is 1. The normalized spacial score (nSPS) is 22.9. The van der Waals surface area contributed by atoms with Crippen LogP contribution in [0.2, 0.25) is 0 Å². The first-order valence-electron chi connectivity index (χ1n) is 8.43. The summed E-state index contributed by atoms with van der Waals surface area (Å²) in [5.74, 6) is -0.417. The Morgan fingerprint density at radius 3 is 2.50 bits per heavy atom. The van der Waals surface area contributed by atoms with Crippen LogP contribution in [0.5, 0.6) is 0 Å². The van der Waals surface area contributed by atoms with Gasteiger partial charge in [-0.3, -0.25) is 9.59 Å². The molecule has 118 valence electrons. The zero-order valence-electron chi connectivity index (χ0n) is 12.9. The smallest absolute Gasteiger partial charge is 0.228 e. The highest BCUT2D eigenvalue weighted by Gasteiger charge is 2.31. The van der Waals surface area contributed by atoms with Gasteiger partial charge in [0.1, 0.15) is 0 Å². The number of anilines is 1. The van der Waals surface area contributed by atoms with Gasteiger partial charge in [0.2, 0.25) is 11.8 Å². The molecule has 2 aliphatic rings. The van der Waals surface area contributed by atoms with Crippen molar-refractivity contribution in [2.45, 2.75) is 63.3 Å². The summed E-state index contributed by atoms with van der Waals surface area (Å²) in [5, 5.41) is 6.05. The van der Waals surface area contributed by atoms with Gasteiger partial charge in [-0.1, -0.05) is 50.3 Å². The topological polar surface area (TPSA) is 58.2 Å². The summed E-state index contributed by atoms with van der Waals surface area (Å²) in [6.07, 6.45) is 8.59. The van der Waals surface area contributed by atoms with E-state index >= 15 is 0 Å². The molecule has 1 aliphatic heterocycles. The first-order chi connectivity index (χ1) is 10.7. The van der Waals surface area contributed by atoms with Crippen LogP contribution >= 0.6 is 0 Å². The van der Waals surface area contributed by atoms with Crippen molar-refractivity contribution in [1.82, 2.24) is 5.32 Å². The van der Waals surface area contributed by atoms with Crippen LogP contribution in [0.25, 0.3) is 0 Å². The van der Waals surface area contributed by atoms with E-state index in [4.69, 9.17) is 0 Å². The molecular weight excluding hydrogens is 276 g/mol. The van der Waals surface area contributed by atoms with Crippen molar-refractivity contribution in [2.24, 2.45) is 0 Å². The maximum Gasteiger partial charge on any atom is 0.228 e. The second kappa shape index (κ2) is 6.95. The minimum atomic E-state index is -0.351. The van der Waals surface area contributed by atoms with E-state index in [0.29, 0.717) is 0 Å². The van der Waals surface area contributed by atoms with E-state index in [-0.39, 0.29) is 30.2 Å². The lowest BCUT2D eigenvalue weighted by atomic mass is 9.89. The Balaban J connectivity index is 1.70. The van der Waals surface area contributed by atoms with Gasteiger partial charge in [-0.05, 0) is 24.5 Å².